The lowest BCUT2D eigenvalue weighted by Gasteiger charge is -2.56. The molecule has 0 aliphatic heterocycles. The molecule has 10 heteroatoms. The van der Waals surface area contributed by atoms with Gasteiger partial charge in [0.15, 0.2) is 5.03 Å². The first-order chi connectivity index (χ1) is 15.6. The lowest BCUT2D eigenvalue weighted by atomic mass is 9.49. The Balaban J connectivity index is 1.51. The first-order valence-corrected chi connectivity index (χ1v) is 12.3. The molecule has 1 atom stereocenters. The number of guanidine groups is 1. The van der Waals surface area contributed by atoms with Crippen LogP contribution in [-0.4, -0.2) is 35.4 Å². The van der Waals surface area contributed by atoms with Crippen LogP contribution >= 0.6 is 0 Å². The molecular formula is C23H39N6O4. The molecule has 2 amide bonds. The van der Waals surface area contributed by atoms with E-state index in [9.17, 15) is 19.7 Å². The zero-order valence-corrected chi connectivity index (χ0v) is 19.8. The van der Waals surface area contributed by atoms with Crippen LogP contribution in [-0.2, 0) is 9.59 Å². The second-order valence-corrected chi connectivity index (χ2v) is 10.9. The van der Waals surface area contributed by atoms with E-state index < -0.39 is 17.0 Å². The normalized spacial score (nSPS) is 28.3. The molecule has 0 unspecified atom stereocenters. The van der Waals surface area contributed by atoms with Crippen molar-refractivity contribution in [1.82, 2.24) is 21.4 Å². The van der Waals surface area contributed by atoms with Crippen LogP contribution in [0.3, 0.4) is 0 Å². The van der Waals surface area contributed by atoms with E-state index in [1.807, 2.05) is 0 Å². The molecular weight excluding hydrogens is 424 g/mol. The molecule has 1 radical (unpaired) electrons. The highest BCUT2D eigenvalue weighted by Crippen LogP contribution is 2.61. The Kier molecular flexibility index (Phi) is 8.53. The van der Waals surface area contributed by atoms with Crippen molar-refractivity contribution in [2.75, 3.05) is 6.54 Å². The second-order valence-electron chi connectivity index (χ2n) is 10.9. The van der Waals surface area contributed by atoms with Crippen molar-refractivity contribution in [1.29, 1.82) is 5.41 Å². The molecule has 4 rings (SSSR count). The highest BCUT2D eigenvalue weighted by molar-refractivity contribution is 5.88. The lowest BCUT2D eigenvalue weighted by molar-refractivity contribution is -0.525. The van der Waals surface area contributed by atoms with E-state index in [2.05, 4.69) is 29.8 Å². The summed E-state index contributed by atoms with van der Waals surface area (Å²) in [5.74, 6) is 2.01. The van der Waals surface area contributed by atoms with Gasteiger partial charge in [0.25, 0.3) is 5.96 Å². The first kappa shape index (κ1) is 25.2. The first-order valence-electron chi connectivity index (χ1n) is 12.3. The Labute approximate surface area is 196 Å². The maximum atomic E-state index is 13.1. The molecule has 10 nitrogen and oxygen atoms in total. The van der Waals surface area contributed by atoms with Gasteiger partial charge in [-0.3, -0.25) is 15.0 Å². The number of rotatable bonds is 12. The molecule has 0 spiro atoms. The molecule has 0 saturated heterocycles. The predicted octanol–water partition coefficient (Wildman–Crippen LogP) is 2.49. The van der Waals surface area contributed by atoms with Crippen molar-refractivity contribution in [3.63, 3.8) is 0 Å². The van der Waals surface area contributed by atoms with Crippen LogP contribution in [0.15, 0.2) is 0 Å². The number of amides is 2. The molecule has 0 aromatic heterocycles. The second kappa shape index (κ2) is 11.2. The van der Waals surface area contributed by atoms with Crippen molar-refractivity contribution >= 4 is 17.8 Å². The topological polar surface area (TPSA) is 149 Å². The molecule has 4 bridgehead atoms. The van der Waals surface area contributed by atoms with Crippen molar-refractivity contribution in [3.8, 4) is 0 Å². The molecule has 0 aromatic carbocycles. The van der Waals surface area contributed by atoms with Crippen LogP contribution < -0.4 is 21.4 Å². The highest BCUT2D eigenvalue weighted by atomic mass is 16.7. The third-order valence-electron chi connectivity index (χ3n) is 7.36. The zero-order chi connectivity index (χ0) is 24.0. The minimum atomic E-state index is -0.805. The molecule has 4 aliphatic rings. The fraction of sp³-hybridized carbons (Fsp3) is 0.826. The number of nitro groups is 1. The van der Waals surface area contributed by atoms with Gasteiger partial charge >= 0.3 is 0 Å². The Morgan fingerprint density at radius 3 is 2.30 bits per heavy atom. The van der Waals surface area contributed by atoms with Crippen molar-refractivity contribution in [2.24, 2.45) is 29.1 Å². The summed E-state index contributed by atoms with van der Waals surface area (Å²) in [5.41, 5.74) is 1.84. The van der Waals surface area contributed by atoms with Crippen molar-refractivity contribution in [3.05, 3.63) is 16.7 Å². The van der Waals surface area contributed by atoms with Gasteiger partial charge in [0.2, 0.25) is 11.8 Å². The summed E-state index contributed by atoms with van der Waals surface area (Å²) in [7, 11) is 0. The van der Waals surface area contributed by atoms with Gasteiger partial charge in [-0.2, -0.15) is 0 Å². The molecule has 33 heavy (non-hydrogen) atoms. The van der Waals surface area contributed by atoms with Gasteiger partial charge in [0.1, 0.15) is 6.04 Å². The Morgan fingerprint density at radius 2 is 1.76 bits per heavy atom. The number of nitrogens with one attached hydrogen (secondary N) is 5. The summed E-state index contributed by atoms with van der Waals surface area (Å²) in [6, 6.07) is -0.672. The fourth-order valence-corrected chi connectivity index (χ4v) is 6.51. The number of carbonyl (C=O) groups excluding carboxylic acids is 2. The third-order valence-corrected chi connectivity index (χ3v) is 7.36. The van der Waals surface area contributed by atoms with E-state index in [-0.39, 0.29) is 23.8 Å². The molecule has 5 N–H and O–H groups in total. The van der Waals surface area contributed by atoms with E-state index in [1.54, 1.807) is 12.0 Å². The van der Waals surface area contributed by atoms with E-state index in [4.69, 9.17) is 5.41 Å². The maximum absolute atomic E-state index is 13.1. The predicted molar refractivity (Wildman–Crippen MR) is 124 cm³/mol. The number of nitrogens with zero attached hydrogens (tertiary/aromatic N) is 1. The Bertz CT molecular complexity index is 705. The zero-order valence-electron chi connectivity index (χ0n) is 19.8. The average molecular weight is 464 g/mol. The molecule has 4 fully saturated rings. The van der Waals surface area contributed by atoms with Crippen LogP contribution in [0.5, 0.6) is 0 Å². The minimum Gasteiger partial charge on any atom is -0.352 e. The lowest BCUT2D eigenvalue weighted by Crippen LogP contribution is -2.51. The van der Waals surface area contributed by atoms with Gasteiger partial charge in [-0.1, -0.05) is 19.3 Å². The van der Waals surface area contributed by atoms with E-state index in [0.717, 1.165) is 43.4 Å². The van der Waals surface area contributed by atoms with E-state index in [1.165, 1.54) is 19.3 Å². The van der Waals surface area contributed by atoms with Gasteiger partial charge in [0.05, 0.1) is 0 Å². The summed E-state index contributed by atoms with van der Waals surface area (Å²) in [5, 5.41) is 25.4. The van der Waals surface area contributed by atoms with E-state index >= 15 is 0 Å². The largest absolute Gasteiger partial charge is 0.352 e. The molecule has 0 aromatic rings. The number of hydrogen-bond donors (Lipinski definition) is 5. The SMILES string of the molecule is CC(C)C[CH]NC(=O)[C@H](CCCNC(=N)N[N+](=O)[O-])NC(=O)CC12CC3CC(CC(C3)C1)C2. The van der Waals surface area contributed by atoms with Crippen LogP contribution in [0.2, 0.25) is 0 Å². The summed E-state index contributed by atoms with van der Waals surface area (Å²) in [4.78, 5) is 36.2. The molecule has 0 heterocycles. The fourth-order valence-electron chi connectivity index (χ4n) is 6.51. The van der Waals surface area contributed by atoms with Gasteiger partial charge < -0.3 is 16.0 Å². The Hall–Kier alpha value is -2.39. The van der Waals surface area contributed by atoms with E-state index in [0.29, 0.717) is 25.2 Å². The van der Waals surface area contributed by atoms with Crippen molar-refractivity contribution < 1.29 is 14.6 Å². The number of carbonyl (C=O) groups is 2. The molecule has 4 aliphatic carbocycles. The van der Waals surface area contributed by atoms with Gasteiger partial charge in [-0.05, 0) is 86.9 Å². The van der Waals surface area contributed by atoms with Gasteiger partial charge in [-0.25, -0.2) is 10.1 Å². The summed E-state index contributed by atoms with van der Waals surface area (Å²) in [6.07, 6.45) is 9.48. The molecule has 185 valence electrons. The summed E-state index contributed by atoms with van der Waals surface area (Å²) in [6.45, 7) is 6.14. The standard InChI is InChI=1S/C23H39N6O4/c1-15(2)5-7-25-21(31)19(4-3-6-26-22(24)28-29(32)33)27-20(30)14-23-11-16-8-17(12-23)10-18(9-16)13-23/h7,15-19H,3-6,8-14H2,1-2H3,(H,25,31)(H,27,30)(H3,24,26,28)/t16?,17?,18?,19-,23?/m0/s1. The average Bonchev–Trinajstić information content (AvgIpc) is 2.67. The van der Waals surface area contributed by atoms with Gasteiger partial charge in [0, 0.05) is 19.5 Å². The molecule has 4 saturated carbocycles. The maximum Gasteiger partial charge on any atom is 0.251 e. The number of hydrogen-bond acceptors (Lipinski definition) is 5. The smallest absolute Gasteiger partial charge is 0.251 e. The van der Waals surface area contributed by atoms with Crippen LogP contribution in [0, 0.1) is 51.2 Å². The monoisotopic (exact) mass is 463 g/mol. The van der Waals surface area contributed by atoms with Crippen LogP contribution in [0.1, 0.15) is 78.1 Å². The van der Waals surface area contributed by atoms with Crippen molar-refractivity contribution in [2.45, 2.75) is 84.1 Å². The van der Waals surface area contributed by atoms with Crippen LogP contribution in [0.4, 0.5) is 0 Å². The highest BCUT2D eigenvalue weighted by Gasteiger charge is 2.51. The third kappa shape index (κ3) is 7.57. The number of hydrazine groups is 1. The summed E-state index contributed by atoms with van der Waals surface area (Å²) >= 11 is 0. The summed E-state index contributed by atoms with van der Waals surface area (Å²) < 4.78 is 0. The van der Waals surface area contributed by atoms with Gasteiger partial charge in [-0.15, -0.1) is 0 Å². The minimum absolute atomic E-state index is 0.0586. The van der Waals surface area contributed by atoms with Crippen LogP contribution in [0.25, 0.3) is 0 Å². The Morgan fingerprint density at radius 1 is 1.15 bits per heavy atom. The quantitative estimate of drug-likeness (QED) is 0.0987.